The minimum atomic E-state index is -1.67. The summed E-state index contributed by atoms with van der Waals surface area (Å²) in [6.45, 7) is 18.2. The average molecular weight is 1380 g/mol. The van der Waals surface area contributed by atoms with Gasteiger partial charge in [0.1, 0.15) is 60.4 Å². The predicted molar refractivity (Wildman–Crippen MR) is 374 cm³/mol. The maximum absolute atomic E-state index is 15.1. The van der Waals surface area contributed by atoms with Crippen LogP contribution in [0.2, 0.25) is 0 Å². The molecule has 27 nitrogen and oxygen atoms in total. The molecule has 0 bridgehead atoms. The number of aliphatic hydroxyl groups excluding tert-OH is 1. The molecule has 2 aliphatic rings. The summed E-state index contributed by atoms with van der Waals surface area (Å²) in [4.78, 5) is 201. The van der Waals surface area contributed by atoms with Gasteiger partial charge < -0.3 is 70.5 Å². The van der Waals surface area contributed by atoms with Crippen LogP contribution in [0.25, 0.3) is 0 Å². The molecule has 2 aromatic carbocycles. The Bertz CT molecular complexity index is 3120. The predicted octanol–water partition coefficient (Wildman–Crippen LogP) is 1.92. The van der Waals surface area contributed by atoms with E-state index in [2.05, 4.69) is 21.3 Å². The smallest absolute Gasteiger partial charge is 0.248 e. The van der Waals surface area contributed by atoms with E-state index in [0.29, 0.717) is 37.1 Å². The second-order valence-corrected chi connectivity index (χ2v) is 28.5. The van der Waals surface area contributed by atoms with E-state index in [1.807, 2.05) is 27.7 Å². The third-order valence-electron chi connectivity index (χ3n) is 18.8. The van der Waals surface area contributed by atoms with Crippen LogP contribution in [0.1, 0.15) is 132 Å². The summed E-state index contributed by atoms with van der Waals surface area (Å²) in [6, 6.07) is 4.59. The summed E-state index contributed by atoms with van der Waals surface area (Å²) in [7, 11) is 11.1. The minimum absolute atomic E-state index is 0.0111. The Balaban J connectivity index is 1.86. The lowest BCUT2D eigenvalue weighted by atomic mass is 9.96. The van der Waals surface area contributed by atoms with Gasteiger partial charge in [-0.2, -0.15) is 0 Å². The van der Waals surface area contributed by atoms with Crippen LogP contribution in [0.5, 0.6) is 0 Å². The SMILES string of the molecule is CC(C)C[C@@H]1NC(=O)[C@H](Cc2ccccc2)N(C)C(=O)CCN(C)C(=O)C[C@@H](C(=O)N2CCCCC2)NC(=O)[C@H](Cc2ccccc2)N(C)C(=O)[C@H](C)N(C)C(=O)[C@H]([C@@H](C)O)NC(=O)CN(C)C(=O)[C@H](C(C)C)N(C)C(=O)[C@H](C)NC(=O)[C@H](C(C)C)N(C)C(=O)[C@H](CC(C)C)N(C)C1=O. The van der Waals surface area contributed by atoms with Crippen LogP contribution >= 0.6 is 0 Å². The summed E-state index contributed by atoms with van der Waals surface area (Å²) >= 11 is 0. The van der Waals surface area contributed by atoms with Crippen LogP contribution in [-0.4, -0.2) is 275 Å². The van der Waals surface area contributed by atoms with Crippen molar-refractivity contribution in [2.24, 2.45) is 23.7 Å². The molecule has 2 aliphatic heterocycles. The van der Waals surface area contributed by atoms with Gasteiger partial charge in [0.05, 0.1) is 19.1 Å². The first-order valence-electron chi connectivity index (χ1n) is 34.7. The highest BCUT2D eigenvalue weighted by Crippen LogP contribution is 2.23. The van der Waals surface area contributed by atoms with Gasteiger partial charge in [-0.1, -0.05) is 116 Å². The van der Waals surface area contributed by atoms with E-state index in [0.717, 1.165) is 26.0 Å². The molecule has 2 aromatic rings. The normalized spacial score (nSPS) is 25.7. The molecule has 0 spiro atoms. The van der Waals surface area contributed by atoms with Crippen molar-refractivity contribution in [2.75, 3.05) is 82.6 Å². The zero-order chi connectivity index (χ0) is 74.6. The molecule has 0 aliphatic carbocycles. The lowest BCUT2D eigenvalue weighted by Crippen LogP contribution is -2.61. The number of nitrogens with zero attached hydrogens (tertiary/aromatic N) is 9. The van der Waals surface area contributed by atoms with Crippen LogP contribution in [0, 0.1) is 23.7 Å². The zero-order valence-corrected chi connectivity index (χ0v) is 61.9. The molecular formula is C72H113N13O14. The summed E-state index contributed by atoms with van der Waals surface area (Å²) in [5, 5.41) is 22.0. The van der Waals surface area contributed by atoms with Crippen molar-refractivity contribution in [1.82, 2.24) is 65.4 Å². The van der Waals surface area contributed by atoms with Gasteiger partial charge >= 0.3 is 0 Å². The number of hydrogen-bond donors (Lipinski definition) is 5. The molecule has 550 valence electrons. The van der Waals surface area contributed by atoms with E-state index in [1.54, 1.807) is 93.3 Å². The number of benzene rings is 2. The first-order valence-corrected chi connectivity index (χ1v) is 34.7. The van der Waals surface area contributed by atoms with Crippen molar-refractivity contribution in [3.05, 3.63) is 71.8 Å². The van der Waals surface area contributed by atoms with Crippen molar-refractivity contribution >= 4 is 76.8 Å². The number of nitrogens with one attached hydrogen (secondary N) is 4. The van der Waals surface area contributed by atoms with E-state index >= 15 is 9.59 Å². The Hall–Kier alpha value is -8.49. The van der Waals surface area contributed by atoms with E-state index in [9.17, 15) is 57.8 Å². The number of likely N-dealkylation sites (tertiary alicyclic amines) is 1. The second-order valence-electron chi connectivity index (χ2n) is 28.5. The van der Waals surface area contributed by atoms with Crippen LogP contribution in [0.15, 0.2) is 60.7 Å². The molecule has 99 heavy (non-hydrogen) atoms. The third-order valence-corrected chi connectivity index (χ3v) is 18.8. The number of piperidine rings is 1. The molecule has 11 atom stereocenters. The molecule has 4 rings (SSSR count). The molecule has 0 unspecified atom stereocenters. The Labute approximate surface area is 585 Å². The number of carbonyl (C=O) groups excluding carboxylic acids is 13. The van der Waals surface area contributed by atoms with Gasteiger partial charge in [0.25, 0.3) is 0 Å². The number of aliphatic hydroxyl groups is 1. The fraction of sp³-hybridized carbons (Fsp3) is 0.653. The Kier molecular flexibility index (Phi) is 32.0. The van der Waals surface area contributed by atoms with Gasteiger partial charge in [-0.05, 0) is 87.7 Å². The van der Waals surface area contributed by atoms with E-state index in [4.69, 9.17) is 0 Å². The topological polar surface area (TPSA) is 319 Å². The summed E-state index contributed by atoms with van der Waals surface area (Å²) in [5.41, 5.74) is 1.31. The van der Waals surface area contributed by atoms with Crippen molar-refractivity contribution in [1.29, 1.82) is 0 Å². The number of hydrogen-bond acceptors (Lipinski definition) is 14. The summed E-state index contributed by atoms with van der Waals surface area (Å²) in [5.74, 6) is -10.5. The van der Waals surface area contributed by atoms with Crippen LogP contribution in [-0.2, 0) is 75.2 Å². The average Bonchev–Trinajstić information content (AvgIpc) is 0.825. The molecular weight excluding hydrogens is 1270 g/mol. The van der Waals surface area contributed by atoms with Gasteiger partial charge in [-0.25, -0.2) is 0 Å². The second kappa shape index (κ2) is 38.2. The lowest BCUT2D eigenvalue weighted by molar-refractivity contribution is -0.152. The van der Waals surface area contributed by atoms with Crippen molar-refractivity contribution < 1.29 is 67.4 Å². The van der Waals surface area contributed by atoms with Gasteiger partial charge in [0.15, 0.2) is 0 Å². The van der Waals surface area contributed by atoms with Crippen LogP contribution in [0.3, 0.4) is 0 Å². The number of likely N-dealkylation sites (N-methyl/N-ethyl adjacent to an activating group) is 7. The molecule has 5 N–H and O–H groups in total. The van der Waals surface area contributed by atoms with Crippen LogP contribution in [0.4, 0.5) is 0 Å². The highest BCUT2D eigenvalue weighted by Gasteiger charge is 2.43. The Morgan fingerprint density at radius 1 is 0.475 bits per heavy atom. The fourth-order valence-corrected chi connectivity index (χ4v) is 12.7. The third kappa shape index (κ3) is 23.0. The minimum Gasteiger partial charge on any atom is -0.391 e. The fourth-order valence-electron chi connectivity index (χ4n) is 12.7. The number of amides is 13. The van der Waals surface area contributed by atoms with Crippen LogP contribution < -0.4 is 21.3 Å². The highest BCUT2D eigenvalue weighted by atomic mass is 16.3. The molecule has 13 amide bonds. The summed E-state index contributed by atoms with van der Waals surface area (Å²) in [6.07, 6.45) is -0.00930. The molecule has 0 saturated carbocycles. The largest absolute Gasteiger partial charge is 0.391 e. The Morgan fingerprint density at radius 3 is 1.47 bits per heavy atom. The van der Waals surface area contributed by atoms with Gasteiger partial charge in [-0.3, -0.25) is 62.3 Å². The standard InChI is InChI=1S/C72H113N13O14/c1-43(2)37-52-68(95)82(17)56(38-44(3)4)70(97)83(18)61(45(5)6)65(92)73-47(9)66(93)84(19)62(46(7)8)72(99)78(13)42-57(87)76-60(49(11)86)71(98)79(14)48(10)67(94)81(16)55(40-51-31-25-21-26-32-51)64(91)75-53(69(96)85-34-27-22-28-35-85)41-59(89)77(12)36-33-58(88)80(15)54(63(90)74-52)39-50-29-23-20-24-30-50/h20-21,23-26,29-32,43-49,52-56,60-62,86H,22,27-28,33-42H2,1-19H3,(H,73,92)(H,74,90)(H,75,91)(H,76,87)/t47-,48-,49+,52-,53-,54-,55-,56-,60-,61-,62-/m0/s1. The molecule has 27 heteroatoms. The van der Waals surface area contributed by atoms with E-state index in [1.165, 1.54) is 96.8 Å². The molecule has 0 radical (unpaired) electrons. The van der Waals surface area contributed by atoms with E-state index < -0.39 is 168 Å². The quantitative estimate of drug-likeness (QED) is 0.203. The lowest BCUT2D eigenvalue weighted by Gasteiger charge is -2.38. The van der Waals surface area contributed by atoms with Crippen molar-refractivity contribution in [2.45, 2.75) is 200 Å². The first kappa shape index (κ1) is 82.9. The van der Waals surface area contributed by atoms with E-state index in [-0.39, 0.29) is 50.5 Å². The molecule has 2 fully saturated rings. The van der Waals surface area contributed by atoms with Gasteiger partial charge in [-0.15, -0.1) is 0 Å². The zero-order valence-electron chi connectivity index (χ0n) is 61.9. The molecule has 2 heterocycles. The Morgan fingerprint density at radius 2 is 0.970 bits per heavy atom. The highest BCUT2D eigenvalue weighted by molar-refractivity contribution is 6.00. The summed E-state index contributed by atoms with van der Waals surface area (Å²) < 4.78 is 0. The monoisotopic (exact) mass is 1380 g/mol. The van der Waals surface area contributed by atoms with Crippen molar-refractivity contribution in [3.8, 4) is 0 Å². The first-order chi connectivity index (χ1) is 46.3. The maximum Gasteiger partial charge on any atom is 0.248 e. The van der Waals surface area contributed by atoms with Gasteiger partial charge in [0, 0.05) is 95.3 Å². The molecule has 0 aromatic heterocycles. The van der Waals surface area contributed by atoms with Crippen molar-refractivity contribution in [3.63, 3.8) is 0 Å². The molecule has 2 saturated heterocycles. The van der Waals surface area contributed by atoms with Gasteiger partial charge in [0.2, 0.25) is 76.8 Å². The number of carbonyl (C=O) groups is 13. The number of rotatable bonds is 12. The maximum atomic E-state index is 15.1.